The van der Waals surface area contributed by atoms with E-state index in [1.54, 1.807) is 30.0 Å². The van der Waals surface area contributed by atoms with Crippen molar-refractivity contribution in [1.29, 1.82) is 0 Å². The van der Waals surface area contributed by atoms with Crippen molar-refractivity contribution in [3.05, 3.63) is 48.0 Å². The van der Waals surface area contributed by atoms with Crippen LogP contribution < -0.4 is 0 Å². The van der Waals surface area contributed by atoms with E-state index in [-0.39, 0.29) is 4.90 Å². The maximum absolute atomic E-state index is 11.8. The van der Waals surface area contributed by atoms with Crippen LogP contribution in [0.3, 0.4) is 0 Å². The van der Waals surface area contributed by atoms with Gasteiger partial charge in [-0.3, -0.25) is 0 Å². The standard InChI is InChI=1S/C16H13N5O2S4/c1-24-11-5-3-10(4-6-11)16(18-20-21-19-16)26-15-17-13-8-7-12(27(2,22)23)9-14(13)25-15/h3-9H,1-2H3. The number of rotatable bonds is 5. The van der Waals surface area contributed by atoms with Gasteiger partial charge in [-0.2, -0.15) is 0 Å². The van der Waals surface area contributed by atoms with E-state index in [0.717, 1.165) is 20.7 Å². The molecule has 11 heteroatoms. The highest BCUT2D eigenvalue weighted by Crippen LogP contribution is 2.48. The quantitative estimate of drug-likeness (QED) is 0.516. The van der Waals surface area contributed by atoms with Crippen molar-refractivity contribution in [2.45, 2.75) is 19.1 Å². The molecule has 0 spiro atoms. The van der Waals surface area contributed by atoms with Gasteiger partial charge < -0.3 is 0 Å². The van der Waals surface area contributed by atoms with E-state index in [1.807, 2.05) is 30.5 Å². The second-order valence-electron chi connectivity index (χ2n) is 5.70. The Morgan fingerprint density at radius 1 is 1.04 bits per heavy atom. The van der Waals surface area contributed by atoms with Gasteiger partial charge >= 0.3 is 0 Å². The lowest BCUT2D eigenvalue weighted by atomic mass is 10.2. The molecule has 0 saturated heterocycles. The number of hydrogen-bond donors (Lipinski definition) is 0. The van der Waals surface area contributed by atoms with Crippen LogP contribution in [0.25, 0.3) is 10.2 Å². The van der Waals surface area contributed by atoms with Gasteiger partial charge in [-0.15, -0.1) is 33.3 Å². The minimum Gasteiger partial charge on any atom is -0.229 e. The van der Waals surface area contributed by atoms with Crippen molar-refractivity contribution in [3.8, 4) is 0 Å². The Morgan fingerprint density at radius 3 is 2.37 bits per heavy atom. The van der Waals surface area contributed by atoms with Gasteiger partial charge in [0, 0.05) is 16.7 Å². The highest BCUT2D eigenvalue weighted by Gasteiger charge is 2.38. The lowest BCUT2D eigenvalue weighted by molar-refractivity contribution is 0.602. The van der Waals surface area contributed by atoms with E-state index in [0.29, 0.717) is 4.34 Å². The Balaban J connectivity index is 1.72. The smallest absolute Gasteiger partial charge is 0.229 e. The summed E-state index contributed by atoms with van der Waals surface area (Å²) >= 11 is 4.38. The predicted molar refractivity (Wildman–Crippen MR) is 108 cm³/mol. The molecular weight excluding hydrogens is 422 g/mol. The van der Waals surface area contributed by atoms with Crippen LogP contribution in [-0.4, -0.2) is 25.9 Å². The summed E-state index contributed by atoms with van der Waals surface area (Å²) in [4.78, 5) is 4.99. The van der Waals surface area contributed by atoms with Gasteiger partial charge in [0.1, 0.15) is 0 Å². The van der Waals surface area contributed by atoms with Crippen molar-refractivity contribution < 1.29 is 8.42 Å². The number of benzene rings is 2. The average molecular weight is 436 g/mol. The summed E-state index contributed by atoms with van der Waals surface area (Å²) < 4.78 is 25.0. The summed E-state index contributed by atoms with van der Waals surface area (Å²) in [5, 5.41) is 15.9. The molecule has 0 N–H and O–H groups in total. The minimum atomic E-state index is -3.27. The molecule has 2 heterocycles. The molecule has 138 valence electrons. The molecule has 7 nitrogen and oxygen atoms in total. The highest BCUT2D eigenvalue weighted by molar-refractivity contribution is 8.02. The monoisotopic (exact) mass is 435 g/mol. The zero-order valence-electron chi connectivity index (χ0n) is 14.2. The van der Waals surface area contributed by atoms with Crippen molar-refractivity contribution in [1.82, 2.24) is 4.98 Å². The van der Waals surface area contributed by atoms with E-state index in [9.17, 15) is 8.42 Å². The number of fused-ring (bicyclic) bond motifs is 1. The third kappa shape index (κ3) is 3.64. The minimum absolute atomic E-state index is 0.276. The third-order valence-corrected chi connectivity index (χ3v) is 7.98. The molecule has 0 fully saturated rings. The molecule has 0 bridgehead atoms. The van der Waals surface area contributed by atoms with Crippen LogP contribution in [0.4, 0.5) is 0 Å². The van der Waals surface area contributed by atoms with E-state index in [1.165, 1.54) is 29.4 Å². The molecule has 2 aromatic carbocycles. The summed E-state index contributed by atoms with van der Waals surface area (Å²) in [6.07, 6.45) is 3.21. The number of sulfone groups is 1. The van der Waals surface area contributed by atoms with Gasteiger partial charge in [0.15, 0.2) is 14.2 Å². The summed E-state index contributed by atoms with van der Waals surface area (Å²) in [7, 11) is -3.27. The Bertz CT molecular complexity index is 1160. The topological polar surface area (TPSA) is 96.5 Å². The molecule has 0 aliphatic carbocycles. The fraction of sp³-hybridized carbons (Fsp3) is 0.188. The van der Waals surface area contributed by atoms with Crippen molar-refractivity contribution >= 4 is 54.9 Å². The van der Waals surface area contributed by atoms with Gasteiger partial charge in [0.05, 0.1) is 15.1 Å². The Morgan fingerprint density at radius 2 is 1.74 bits per heavy atom. The van der Waals surface area contributed by atoms with E-state index in [4.69, 9.17) is 0 Å². The second-order valence-corrected chi connectivity index (χ2v) is 11.0. The fourth-order valence-electron chi connectivity index (χ4n) is 2.48. The molecule has 4 rings (SSSR count). The first-order valence-corrected chi connectivity index (χ1v) is 12.4. The maximum atomic E-state index is 11.8. The highest BCUT2D eigenvalue weighted by atomic mass is 32.2. The van der Waals surface area contributed by atoms with Crippen molar-refractivity contribution in [3.63, 3.8) is 0 Å². The second kappa shape index (κ2) is 6.97. The largest absolute Gasteiger partial charge is 0.272 e. The molecule has 0 atom stereocenters. The number of aromatic nitrogens is 1. The van der Waals surface area contributed by atoms with E-state index < -0.39 is 14.8 Å². The summed E-state index contributed by atoms with van der Waals surface area (Å²) in [5.41, 5.74) is 1.58. The molecule has 1 aliphatic heterocycles. The van der Waals surface area contributed by atoms with Gasteiger partial charge in [0.2, 0.25) is 0 Å². The van der Waals surface area contributed by atoms with Crippen LogP contribution >= 0.6 is 34.9 Å². The molecule has 1 aliphatic rings. The van der Waals surface area contributed by atoms with Crippen LogP contribution in [0.5, 0.6) is 0 Å². The van der Waals surface area contributed by atoms with E-state index in [2.05, 4.69) is 25.7 Å². The van der Waals surface area contributed by atoms with Crippen molar-refractivity contribution in [2.75, 3.05) is 12.5 Å². The molecule has 0 radical (unpaired) electrons. The van der Waals surface area contributed by atoms with Gasteiger partial charge in [-0.05, 0) is 58.8 Å². The van der Waals surface area contributed by atoms with Crippen LogP contribution in [0.2, 0.25) is 0 Å². The van der Waals surface area contributed by atoms with E-state index >= 15 is 0 Å². The number of nitrogens with zero attached hydrogens (tertiary/aromatic N) is 5. The molecule has 27 heavy (non-hydrogen) atoms. The predicted octanol–water partition coefficient (Wildman–Crippen LogP) is 5.16. The first-order valence-electron chi connectivity index (χ1n) is 7.68. The fourth-order valence-corrected chi connectivity index (χ4v) is 5.93. The number of hydrogen-bond acceptors (Lipinski definition) is 10. The Hall–Kier alpha value is -1.82. The third-order valence-electron chi connectivity index (χ3n) is 3.86. The Labute approximate surface area is 168 Å². The van der Waals surface area contributed by atoms with Crippen LogP contribution in [0.15, 0.2) is 77.3 Å². The zero-order chi connectivity index (χ0) is 19.1. The van der Waals surface area contributed by atoms with Crippen LogP contribution in [-0.2, 0) is 14.8 Å². The molecule has 0 unspecified atom stereocenters. The van der Waals surface area contributed by atoms with Crippen LogP contribution in [0.1, 0.15) is 5.56 Å². The molecular formula is C16H13N5O2S4. The van der Waals surface area contributed by atoms with Gasteiger partial charge in [0.25, 0.3) is 4.99 Å². The van der Waals surface area contributed by atoms with Crippen LogP contribution in [0, 0.1) is 0 Å². The summed E-state index contributed by atoms with van der Waals surface area (Å²) in [6, 6.07) is 12.8. The summed E-state index contributed by atoms with van der Waals surface area (Å²) in [5.74, 6) is 0. The number of thioether (sulfide) groups is 2. The number of thiazole rings is 1. The van der Waals surface area contributed by atoms with Gasteiger partial charge in [-0.25, -0.2) is 13.4 Å². The first-order chi connectivity index (χ1) is 12.9. The Kier molecular flexibility index (Phi) is 4.78. The SMILES string of the molecule is CSc1ccc(C2(Sc3nc4ccc(S(C)(=O)=O)cc4s3)N=NN=N2)cc1. The lowest BCUT2D eigenvalue weighted by Gasteiger charge is -2.18. The van der Waals surface area contributed by atoms with Crippen molar-refractivity contribution in [2.24, 2.45) is 20.7 Å². The molecule has 0 saturated carbocycles. The lowest BCUT2D eigenvalue weighted by Crippen LogP contribution is -2.13. The molecule has 0 amide bonds. The molecule has 3 aromatic rings. The average Bonchev–Trinajstić information content (AvgIpc) is 3.27. The molecule has 1 aromatic heterocycles. The zero-order valence-corrected chi connectivity index (χ0v) is 17.5. The summed E-state index contributed by atoms with van der Waals surface area (Å²) in [6.45, 7) is 0. The van der Waals surface area contributed by atoms with Gasteiger partial charge in [-0.1, -0.05) is 12.1 Å². The first kappa shape index (κ1) is 18.5. The maximum Gasteiger partial charge on any atom is 0.272 e. The normalized spacial score (nSPS) is 15.6.